The van der Waals surface area contributed by atoms with Crippen molar-refractivity contribution in [2.24, 2.45) is 0 Å². The van der Waals surface area contributed by atoms with Gasteiger partial charge >= 0.3 is 0 Å². The van der Waals surface area contributed by atoms with E-state index in [9.17, 15) is 4.21 Å². The van der Waals surface area contributed by atoms with Crippen LogP contribution in [0.5, 0.6) is 0 Å². The number of anilines is 1. The Hall–Kier alpha value is -2.39. The van der Waals surface area contributed by atoms with Gasteiger partial charge in [0, 0.05) is 5.69 Å². The Bertz CT molecular complexity index is 724. The molecule has 1 atom stereocenters. The van der Waals surface area contributed by atoms with E-state index in [-0.39, 0.29) is 0 Å². The van der Waals surface area contributed by atoms with Crippen molar-refractivity contribution < 1.29 is 4.21 Å². The molecule has 2 nitrogen and oxygen atoms in total. The second-order valence-corrected chi connectivity index (χ2v) is 5.84. The van der Waals surface area contributed by atoms with E-state index in [2.05, 4.69) is 16.9 Å². The first-order valence-corrected chi connectivity index (χ1v) is 7.87. The molecule has 3 aromatic rings. The summed E-state index contributed by atoms with van der Waals surface area (Å²) in [6.45, 7) is 0. The molecule has 0 heterocycles. The van der Waals surface area contributed by atoms with Crippen LogP contribution in [-0.2, 0) is 11.0 Å². The highest BCUT2D eigenvalue weighted by atomic mass is 32.2. The van der Waals surface area contributed by atoms with Gasteiger partial charge in [0.25, 0.3) is 0 Å². The summed E-state index contributed by atoms with van der Waals surface area (Å²) in [7, 11) is -1.24. The lowest BCUT2D eigenvalue weighted by Crippen LogP contribution is -2.04. The van der Waals surface area contributed by atoms with E-state index in [0.29, 0.717) is 0 Å². The topological polar surface area (TPSA) is 29.1 Å². The standard InChI is InChI=1S/C18H15NOS/c20-21(18-9-5-2-6-10-18)19-17-13-11-16(12-14-17)15-7-3-1-4-8-15/h1-14,19H/t21-/m0/s1. The molecule has 0 bridgehead atoms. The van der Waals surface area contributed by atoms with E-state index in [0.717, 1.165) is 16.1 Å². The molecule has 104 valence electrons. The molecule has 3 aromatic carbocycles. The normalized spacial score (nSPS) is 11.8. The quantitative estimate of drug-likeness (QED) is 0.754. The summed E-state index contributed by atoms with van der Waals surface area (Å²) in [5.41, 5.74) is 3.16. The maximum atomic E-state index is 12.2. The molecule has 0 aliphatic rings. The Morgan fingerprint density at radius 2 is 1.14 bits per heavy atom. The van der Waals surface area contributed by atoms with Crippen LogP contribution >= 0.6 is 0 Å². The van der Waals surface area contributed by atoms with Crippen LogP contribution in [-0.4, -0.2) is 4.21 Å². The van der Waals surface area contributed by atoms with Crippen LogP contribution in [0.2, 0.25) is 0 Å². The molecule has 3 heteroatoms. The molecule has 0 fully saturated rings. The van der Waals surface area contributed by atoms with Crippen molar-refractivity contribution in [3.8, 4) is 11.1 Å². The molecule has 0 aromatic heterocycles. The predicted molar refractivity (Wildman–Crippen MR) is 88.4 cm³/mol. The maximum Gasteiger partial charge on any atom is 0.150 e. The Kier molecular flexibility index (Phi) is 4.12. The zero-order valence-electron chi connectivity index (χ0n) is 11.4. The van der Waals surface area contributed by atoms with Crippen LogP contribution < -0.4 is 4.72 Å². The first-order valence-electron chi connectivity index (χ1n) is 6.72. The molecule has 21 heavy (non-hydrogen) atoms. The molecule has 0 saturated carbocycles. The third-order valence-corrected chi connectivity index (χ3v) is 4.28. The van der Waals surface area contributed by atoms with Crippen LogP contribution in [0.15, 0.2) is 89.8 Å². The van der Waals surface area contributed by atoms with Gasteiger partial charge in [-0.2, -0.15) is 0 Å². The van der Waals surface area contributed by atoms with E-state index in [4.69, 9.17) is 0 Å². The molecular weight excluding hydrogens is 278 g/mol. The smallest absolute Gasteiger partial charge is 0.150 e. The zero-order valence-corrected chi connectivity index (χ0v) is 12.2. The first-order chi connectivity index (χ1) is 10.3. The molecule has 0 amide bonds. The van der Waals surface area contributed by atoms with Crippen LogP contribution in [0.3, 0.4) is 0 Å². The highest BCUT2D eigenvalue weighted by Gasteiger charge is 2.03. The SMILES string of the molecule is O=[S@](Nc1ccc(-c2ccccc2)cc1)c1ccccc1. The summed E-state index contributed by atoms with van der Waals surface area (Å²) < 4.78 is 15.2. The Morgan fingerprint density at radius 1 is 0.619 bits per heavy atom. The van der Waals surface area contributed by atoms with E-state index >= 15 is 0 Å². The summed E-state index contributed by atoms with van der Waals surface area (Å²) in [5.74, 6) is 0. The molecule has 0 aliphatic heterocycles. The molecule has 3 rings (SSSR count). The van der Waals surface area contributed by atoms with Crippen LogP contribution in [0.1, 0.15) is 0 Å². The highest BCUT2D eigenvalue weighted by Crippen LogP contribution is 2.21. The summed E-state index contributed by atoms with van der Waals surface area (Å²) in [6.07, 6.45) is 0. The molecular formula is C18H15NOS. The van der Waals surface area contributed by atoms with E-state index < -0.39 is 11.0 Å². The number of hydrogen-bond acceptors (Lipinski definition) is 1. The van der Waals surface area contributed by atoms with Gasteiger partial charge < -0.3 is 4.72 Å². The molecule has 0 spiro atoms. The number of rotatable bonds is 4. The number of nitrogens with one attached hydrogen (secondary N) is 1. The van der Waals surface area contributed by atoms with Crippen molar-refractivity contribution in [2.45, 2.75) is 4.90 Å². The van der Waals surface area contributed by atoms with Crippen molar-refractivity contribution in [1.82, 2.24) is 0 Å². The fraction of sp³-hybridized carbons (Fsp3) is 0. The summed E-state index contributed by atoms with van der Waals surface area (Å²) >= 11 is 0. The Balaban J connectivity index is 1.75. The van der Waals surface area contributed by atoms with Crippen molar-refractivity contribution in [3.05, 3.63) is 84.9 Å². The average molecular weight is 293 g/mol. The minimum Gasteiger partial charge on any atom is -0.301 e. The van der Waals surface area contributed by atoms with Crippen LogP contribution in [0.25, 0.3) is 11.1 Å². The van der Waals surface area contributed by atoms with Gasteiger partial charge in [-0.3, -0.25) is 0 Å². The van der Waals surface area contributed by atoms with Crippen molar-refractivity contribution >= 4 is 16.7 Å². The van der Waals surface area contributed by atoms with Gasteiger partial charge in [-0.15, -0.1) is 0 Å². The molecule has 0 saturated heterocycles. The van der Waals surface area contributed by atoms with Crippen molar-refractivity contribution in [2.75, 3.05) is 4.72 Å². The lowest BCUT2D eigenvalue weighted by molar-refractivity contribution is 0.686. The molecule has 0 radical (unpaired) electrons. The van der Waals surface area contributed by atoms with Crippen LogP contribution in [0, 0.1) is 0 Å². The third-order valence-electron chi connectivity index (χ3n) is 3.16. The number of hydrogen-bond donors (Lipinski definition) is 1. The van der Waals surface area contributed by atoms with E-state index in [1.54, 1.807) is 0 Å². The third kappa shape index (κ3) is 3.38. The average Bonchev–Trinajstić information content (AvgIpc) is 2.57. The fourth-order valence-electron chi connectivity index (χ4n) is 2.07. The fourth-order valence-corrected chi connectivity index (χ4v) is 2.94. The van der Waals surface area contributed by atoms with Gasteiger partial charge in [-0.1, -0.05) is 60.7 Å². The monoisotopic (exact) mass is 293 g/mol. The van der Waals surface area contributed by atoms with Gasteiger partial charge in [0.05, 0.1) is 4.90 Å². The lowest BCUT2D eigenvalue weighted by atomic mass is 10.1. The van der Waals surface area contributed by atoms with Crippen LogP contribution in [0.4, 0.5) is 5.69 Å². The lowest BCUT2D eigenvalue weighted by Gasteiger charge is -2.07. The van der Waals surface area contributed by atoms with Gasteiger partial charge in [-0.25, -0.2) is 4.21 Å². The largest absolute Gasteiger partial charge is 0.301 e. The van der Waals surface area contributed by atoms with Gasteiger partial charge in [-0.05, 0) is 35.4 Å². The van der Waals surface area contributed by atoms with Crippen molar-refractivity contribution in [3.63, 3.8) is 0 Å². The predicted octanol–water partition coefficient (Wildman–Crippen LogP) is 4.49. The molecule has 1 N–H and O–H groups in total. The van der Waals surface area contributed by atoms with Gasteiger partial charge in [0.2, 0.25) is 0 Å². The van der Waals surface area contributed by atoms with Gasteiger partial charge in [0.15, 0.2) is 0 Å². The number of benzene rings is 3. The van der Waals surface area contributed by atoms with E-state index in [1.165, 1.54) is 5.56 Å². The molecule has 0 aliphatic carbocycles. The Morgan fingerprint density at radius 3 is 1.76 bits per heavy atom. The van der Waals surface area contributed by atoms with Crippen molar-refractivity contribution in [1.29, 1.82) is 0 Å². The minimum atomic E-state index is -1.24. The minimum absolute atomic E-state index is 0.768. The maximum absolute atomic E-state index is 12.2. The first kappa shape index (κ1) is 13.6. The summed E-state index contributed by atoms with van der Waals surface area (Å²) in [6, 6.07) is 27.5. The van der Waals surface area contributed by atoms with Gasteiger partial charge in [0.1, 0.15) is 11.0 Å². The second kappa shape index (κ2) is 6.37. The second-order valence-electron chi connectivity index (χ2n) is 4.63. The zero-order chi connectivity index (χ0) is 14.5. The molecule has 0 unspecified atom stereocenters. The summed E-state index contributed by atoms with van der Waals surface area (Å²) in [4.78, 5) is 0.768. The highest BCUT2D eigenvalue weighted by molar-refractivity contribution is 7.86. The summed E-state index contributed by atoms with van der Waals surface area (Å²) in [5, 5.41) is 0. The van der Waals surface area contributed by atoms with E-state index in [1.807, 2.05) is 72.8 Å². The Labute approximate surface area is 127 Å².